The highest BCUT2D eigenvalue weighted by Crippen LogP contribution is 2.24. The zero-order chi connectivity index (χ0) is 20.6. The highest BCUT2D eigenvalue weighted by molar-refractivity contribution is 5.78. The van der Waals surface area contributed by atoms with Crippen molar-refractivity contribution in [2.75, 3.05) is 40.0 Å². The van der Waals surface area contributed by atoms with E-state index in [1.54, 1.807) is 17.0 Å². The molecule has 0 bridgehead atoms. The second-order valence-electron chi connectivity index (χ2n) is 7.60. The van der Waals surface area contributed by atoms with Gasteiger partial charge in [-0.3, -0.25) is 4.79 Å². The third kappa shape index (κ3) is 5.90. The van der Waals surface area contributed by atoms with E-state index in [1.807, 2.05) is 4.90 Å². The van der Waals surface area contributed by atoms with Gasteiger partial charge < -0.3 is 24.6 Å². The lowest BCUT2D eigenvalue weighted by molar-refractivity contribution is -0.143. The van der Waals surface area contributed by atoms with Gasteiger partial charge >= 0.3 is 6.03 Å². The molecule has 2 fully saturated rings. The molecule has 1 N–H and O–H groups in total. The fraction of sp³-hybridized carbons (Fsp3) is 0.619. The van der Waals surface area contributed by atoms with E-state index in [0.29, 0.717) is 32.8 Å². The number of carbonyl (C=O) groups excluding carboxylic acids is 2. The summed E-state index contributed by atoms with van der Waals surface area (Å²) in [6.07, 6.45) is 3.33. The number of methoxy groups -OCH3 is 1. The summed E-state index contributed by atoms with van der Waals surface area (Å²) in [6.45, 7) is 2.84. The Morgan fingerprint density at radius 2 is 1.93 bits per heavy atom. The summed E-state index contributed by atoms with van der Waals surface area (Å²) in [5, 5.41) is 2.90. The Hall–Kier alpha value is -2.19. The summed E-state index contributed by atoms with van der Waals surface area (Å²) < 4.78 is 23.6. The first-order valence-electron chi connectivity index (χ1n) is 10.2. The topological polar surface area (TPSA) is 71.1 Å². The lowest BCUT2D eigenvalue weighted by Gasteiger charge is -2.44. The van der Waals surface area contributed by atoms with Gasteiger partial charge in [-0.15, -0.1) is 0 Å². The first-order valence-corrected chi connectivity index (χ1v) is 10.2. The number of benzene rings is 1. The maximum atomic E-state index is 13.0. The predicted octanol–water partition coefficient (Wildman–Crippen LogP) is 2.15. The van der Waals surface area contributed by atoms with Crippen molar-refractivity contribution in [3.05, 3.63) is 35.6 Å². The largest absolute Gasteiger partial charge is 0.381 e. The van der Waals surface area contributed by atoms with Crippen LogP contribution in [0.3, 0.4) is 0 Å². The van der Waals surface area contributed by atoms with Crippen LogP contribution >= 0.6 is 0 Å². The minimum absolute atomic E-state index is 0.0222. The van der Waals surface area contributed by atoms with Gasteiger partial charge in [-0.25, -0.2) is 9.18 Å². The van der Waals surface area contributed by atoms with Crippen LogP contribution in [0.4, 0.5) is 9.18 Å². The lowest BCUT2D eigenvalue weighted by atomic mass is 9.98. The van der Waals surface area contributed by atoms with Gasteiger partial charge in [0.2, 0.25) is 5.91 Å². The number of rotatable bonds is 6. The van der Waals surface area contributed by atoms with Crippen LogP contribution in [0.1, 0.15) is 31.2 Å². The zero-order valence-corrected chi connectivity index (χ0v) is 16.9. The van der Waals surface area contributed by atoms with Crippen LogP contribution in [-0.2, 0) is 20.8 Å². The SMILES string of the molecule is COCC(=O)N(C1CCOCC1)C1CCCN(C(=O)NCc2ccc(F)cc2)C1. The second-order valence-corrected chi connectivity index (χ2v) is 7.60. The van der Waals surface area contributed by atoms with Gasteiger partial charge in [-0.1, -0.05) is 12.1 Å². The highest BCUT2D eigenvalue weighted by Gasteiger charge is 2.35. The molecule has 2 aliphatic heterocycles. The number of carbonyl (C=O) groups is 2. The van der Waals surface area contributed by atoms with Crippen molar-refractivity contribution in [3.8, 4) is 0 Å². The van der Waals surface area contributed by atoms with E-state index in [0.717, 1.165) is 31.2 Å². The number of hydrogen-bond acceptors (Lipinski definition) is 4. The predicted molar refractivity (Wildman–Crippen MR) is 106 cm³/mol. The van der Waals surface area contributed by atoms with Crippen molar-refractivity contribution in [3.63, 3.8) is 0 Å². The normalized spacial score (nSPS) is 20.3. The molecule has 2 heterocycles. The number of amides is 3. The number of halogens is 1. The summed E-state index contributed by atoms with van der Waals surface area (Å²) in [7, 11) is 1.52. The number of likely N-dealkylation sites (tertiary alicyclic amines) is 1. The van der Waals surface area contributed by atoms with Gasteiger partial charge in [-0.05, 0) is 43.4 Å². The molecule has 1 atom stereocenters. The van der Waals surface area contributed by atoms with Crippen molar-refractivity contribution < 1.29 is 23.5 Å². The third-order valence-corrected chi connectivity index (χ3v) is 5.57. The second kappa shape index (κ2) is 10.5. The third-order valence-electron chi connectivity index (χ3n) is 5.57. The maximum Gasteiger partial charge on any atom is 0.317 e. The Balaban J connectivity index is 1.61. The summed E-state index contributed by atoms with van der Waals surface area (Å²) in [6, 6.07) is 6.02. The molecule has 0 radical (unpaired) electrons. The van der Waals surface area contributed by atoms with Crippen molar-refractivity contribution in [2.45, 2.75) is 44.3 Å². The summed E-state index contributed by atoms with van der Waals surface area (Å²) >= 11 is 0. The summed E-state index contributed by atoms with van der Waals surface area (Å²) in [5.41, 5.74) is 0.840. The fourth-order valence-electron chi connectivity index (χ4n) is 4.12. The van der Waals surface area contributed by atoms with E-state index in [4.69, 9.17) is 9.47 Å². The average Bonchev–Trinajstić information content (AvgIpc) is 2.74. The van der Waals surface area contributed by atoms with E-state index in [2.05, 4.69) is 5.32 Å². The molecule has 2 aliphatic rings. The first-order chi connectivity index (χ1) is 14.1. The molecule has 1 aromatic carbocycles. The van der Waals surface area contributed by atoms with Gasteiger partial charge in [0.25, 0.3) is 0 Å². The molecule has 29 heavy (non-hydrogen) atoms. The lowest BCUT2D eigenvalue weighted by Crippen LogP contribution is -2.57. The van der Waals surface area contributed by atoms with Gasteiger partial charge in [0, 0.05) is 52.0 Å². The number of nitrogens with zero attached hydrogens (tertiary/aromatic N) is 2. The molecule has 0 saturated carbocycles. The van der Waals surface area contributed by atoms with E-state index in [9.17, 15) is 14.0 Å². The molecule has 0 aromatic heterocycles. The van der Waals surface area contributed by atoms with Gasteiger partial charge in [0.15, 0.2) is 0 Å². The molecule has 1 aromatic rings. The molecule has 7 nitrogen and oxygen atoms in total. The van der Waals surface area contributed by atoms with Crippen LogP contribution < -0.4 is 5.32 Å². The first kappa shape index (κ1) is 21.5. The molecule has 0 spiro atoms. The molecule has 8 heteroatoms. The van der Waals surface area contributed by atoms with Crippen LogP contribution in [-0.4, -0.2) is 73.8 Å². The molecule has 2 saturated heterocycles. The monoisotopic (exact) mass is 407 g/mol. The van der Waals surface area contributed by atoms with E-state index < -0.39 is 0 Å². The Kier molecular flexibility index (Phi) is 7.83. The quantitative estimate of drug-likeness (QED) is 0.785. The summed E-state index contributed by atoms with van der Waals surface area (Å²) in [5.74, 6) is -0.328. The Morgan fingerprint density at radius 3 is 2.62 bits per heavy atom. The van der Waals surface area contributed by atoms with Gasteiger partial charge in [0.1, 0.15) is 12.4 Å². The fourth-order valence-corrected chi connectivity index (χ4v) is 4.12. The minimum atomic E-state index is -0.298. The number of piperidine rings is 1. The molecule has 0 aliphatic carbocycles. The van der Waals surface area contributed by atoms with Crippen molar-refractivity contribution >= 4 is 11.9 Å². The number of hydrogen-bond donors (Lipinski definition) is 1. The standard InChI is InChI=1S/C21H30FN3O4/c1-28-15-20(26)25(18-8-11-29-12-9-18)19-3-2-10-24(14-19)21(27)23-13-16-4-6-17(22)7-5-16/h4-7,18-19H,2-3,8-15H2,1H3,(H,23,27). The van der Waals surface area contributed by atoms with Crippen LogP contribution in [0.2, 0.25) is 0 Å². The Labute approximate surface area is 171 Å². The van der Waals surface area contributed by atoms with Crippen molar-refractivity contribution in [1.29, 1.82) is 0 Å². The van der Waals surface area contributed by atoms with Crippen LogP contribution in [0.5, 0.6) is 0 Å². The molecule has 3 amide bonds. The molecule has 1 unspecified atom stereocenters. The number of nitrogens with one attached hydrogen (secondary N) is 1. The minimum Gasteiger partial charge on any atom is -0.381 e. The summed E-state index contributed by atoms with van der Waals surface area (Å²) in [4.78, 5) is 29.1. The van der Waals surface area contributed by atoms with Gasteiger partial charge in [0.05, 0.1) is 0 Å². The Bertz CT molecular complexity index is 679. The van der Waals surface area contributed by atoms with Crippen molar-refractivity contribution in [2.24, 2.45) is 0 Å². The number of ether oxygens (including phenoxy) is 2. The van der Waals surface area contributed by atoms with Crippen LogP contribution in [0, 0.1) is 5.82 Å². The van der Waals surface area contributed by atoms with Crippen LogP contribution in [0.25, 0.3) is 0 Å². The number of urea groups is 1. The molecular weight excluding hydrogens is 377 g/mol. The van der Waals surface area contributed by atoms with Crippen LogP contribution in [0.15, 0.2) is 24.3 Å². The maximum absolute atomic E-state index is 13.0. The smallest absolute Gasteiger partial charge is 0.317 e. The van der Waals surface area contributed by atoms with Crippen molar-refractivity contribution in [1.82, 2.24) is 15.1 Å². The molecule has 3 rings (SSSR count). The van der Waals surface area contributed by atoms with E-state index >= 15 is 0 Å². The highest BCUT2D eigenvalue weighted by atomic mass is 19.1. The van der Waals surface area contributed by atoms with E-state index in [1.165, 1.54) is 19.2 Å². The van der Waals surface area contributed by atoms with E-state index in [-0.39, 0.29) is 36.4 Å². The molecule has 160 valence electrons. The average molecular weight is 407 g/mol. The molecular formula is C21H30FN3O4. The zero-order valence-electron chi connectivity index (χ0n) is 16.9. The Morgan fingerprint density at radius 1 is 1.21 bits per heavy atom. The van der Waals surface area contributed by atoms with Gasteiger partial charge in [-0.2, -0.15) is 0 Å².